The van der Waals surface area contributed by atoms with Crippen LogP contribution in [0.1, 0.15) is 43.4 Å². The number of benzene rings is 2. The smallest absolute Gasteiger partial charge is 0.312 e. The molecule has 0 radical (unpaired) electrons. The molecule has 4 nitrogen and oxygen atoms in total. The summed E-state index contributed by atoms with van der Waals surface area (Å²) in [4.78, 5) is 0.280. The van der Waals surface area contributed by atoms with Gasteiger partial charge in [-0.15, -0.1) is 0 Å². The molecule has 0 spiro atoms. The van der Waals surface area contributed by atoms with Gasteiger partial charge in [0.2, 0.25) is 10.0 Å². The average molecular weight is 455 g/mol. The van der Waals surface area contributed by atoms with Gasteiger partial charge in [-0.3, -0.25) is 0 Å². The number of nitrogens with one attached hydrogen (secondary N) is 1. The number of hydrogen-bond acceptors (Lipinski definition) is 3. The SMILES string of the molecule is CC1(C)CCCN(S(=O)(=O)c2cccc(CNCCc3cccc(C(F)(F)F)c3)c2)C1. The minimum atomic E-state index is -4.35. The molecule has 1 saturated heterocycles. The normalized spacial score (nSPS) is 17.6. The van der Waals surface area contributed by atoms with E-state index in [0.717, 1.165) is 30.5 Å². The zero-order valence-electron chi connectivity index (χ0n) is 17.9. The molecule has 0 saturated carbocycles. The maximum Gasteiger partial charge on any atom is 0.416 e. The van der Waals surface area contributed by atoms with Crippen LogP contribution in [0.15, 0.2) is 53.4 Å². The van der Waals surface area contributed by atoms with Crippen LogP contribution in [-0.2, 0) is 29.2 Å². The molecule has 2 aromatic carbocycles. The lowest BCUT2D eigenvalue weighted by atomic mass is 9.85. The Bertz CT molecular complexity index is 1000. The Kier molecular flexibility index (Phi) is 7.13. The quantitative estimate of drug-likeness (QED) is 0.609. The van der Waals surface area contributed by atoms with Gasteiger partial charge in [0.25, 0.3) is 0 Å². The van der Waals surface area contributed by atoms with Crippen molar-refractivity contribution in [2.45, 2.75) is 50.7 Å². The summed E-state index contributed by atoms with van der Waals surface area (Å²) in [6.07, 6.45) is -2.04. The highest BCUT2D eigenvalue weighted by Gasteiger charge is 2.34. The molecule has 0 bridgehead atoms. The molecule has 1 aliphatic heterocycles. The second-order valence-corrected chi connectivity index (χ2v) is 10.8. The molecule has 1 fully saturated rings. The lowest BCUT2D eigenvalue weighted by Crippen LogP contribution is -2.43. The molecule has 2 aromatic rings. The Balaban J connectivity index is 1.59. The number of alkyl halides is 3. The van der Waals surface area contributed by atoms with Gasteiger partial charge in [0.05, 0.1) is 10.5 Å². The maximum absolute atomic E-state index is 13.1. The van der Waals surface area contributed by atoms with Crippen LogP contribution < -0.4 is 5.32 Å². The molecule has 8 heteroatoms. The zero-order chi connectivity index (χ0) is 22.7. The predicted molar refractivity (Wildman–Crippen MR) is 115 cm³/mol. The molecular formula is C23H29F3N2O2S. The average Bonchev–Trinajstić information content (AvgIpc) is 2.70. The predicted octanol–water partition coefficient (Wildman–Crippen LogP) is 4.85. The number of rotatable bonds is 7. The first kappa shape index (κ1) is 23.8. The lowest BCUT2D eigenvalue weighted by Gasteiger charge is -2.37. The van der Waals surface area contributed by atoms with Crippen LogP contribution in [0.3, 0.4) is 0 Å². The Morgan fingerprint density at radius 3 is 2.48 bits per heavy atom. The third-order valence-corrected chi connectivity index (χ3v) is 7.42. The molecule has 1 aliphatic rings. The summed E-state index contributed by atoms with van der Waals surface area (Å²) in [6, 6.07) is 12.2. The molecular weight excluding hydrogens is 425 g/mol. The fourth-order valence-corrected chi connectivity index (χ4v) is 5.65. The largest absolute Gasteiger partial charge is 0.416 e. The molecule has 170 valence electrons. The number of nitrogens with zero attached hydrogens (tertiary/aromatic N) is 1. The van der Waals surface area contributed by atoms with Crippen LogP contribution in [0.2, 0.25) is 0 Å². The van der Waals surface area contributed by atoms with E-state index in [9.17, 15) is 21.6 Å². The molecule has 0 aliphatic carbocycles. The zero-order valence-corrected chi connectivity index (χ0v) is 18.7. The summed E-state index contributed by atoms with van der Waals surface area (Å²) < 4.78 is 66.2. The van der Waals surface area contributed by atoms with E-state index in [-0.39, 0.29) is 10.3 Å². The van der Waals surface area contributed by atoms with E-state index >= 15 is 0 Å². The van der Waals surface area contributed by atoms with Gasteiger partial charge in [0.1, 0.15) is 0 Å². The van der Waals surface area contributed by atoms with Gasteiger partial charge in [-0.25, -0.2) is 8.42 Å². The first-order chi connectivity index (χ1) is 14.5. The van der Waals surface area contributed by atoms with Crippen molar-refractivity contribution in [3.8, 4) is 0 Å². The number of hydrogen-bond donors (Lipinski definition) is 1. The second-order valence-electron chi connectivity index (χ2n) is 8.88. The van der Waals surface area contributed by atoms with Crippen molar-refractivity contribution in [3.63, 3.8) is 0 Å². The molecule has 3 rings (SSSR count). The first-order valence-electron chi connectivity index (χ1n) is 10.4. The van der Waals surface area contributed by atoms with E-state index in [2.05, 4.69) is 19.2 Å². The van der Waals surface area contributed by atoms with Crippen molar-refractivity contribution in [1.29, 1.82) is 0 Å². The summed E-state index contributed by atoms with van der Waals surface area (Å²) in [6.45, 7) is 6.13. The highest BCUT2D eigenvalue weighted by Crippen LogP contribution is 2.32. The standard InChI is InChI=1S/C23H29F3N2O2S/c1-22(2)11-5-13-28(17-22)31(29,30)21-9-4-7-19(15-21)16-27-12-10-18-6-3-8-20(14-18)23(24,25)26/h3-4,6-9,14-15,27H,5,10-13,16-17H2,1-2H3. The number of sulfonamides is 1. The fourth-order valence-electron chi connectivity index (χ4n) is 3.91. The third-order valence-electron chi connectivity index (χ3n) is 5.58. The Morgan fingerprint density at radius 1 is 1.06 bits per heavy atom. The van der Waals surface area contributed by atoms with Crippen molar-refractivity contribution in [1.82, 2.24) is 9.62 Å². The van der Waals surface area contributed by atoms with E-state index in [1.807, 2.05) is 6.07 Å². The van der Waals surface area contributed by atoms with Gasteiger partial charge in [-0.05, 0) is 60.5 Å². The van der Waals surface area contributed by atoms with Gasteiger partial charge in [0.15, 0.2) is 0 Å². The summed E-state index contributed by atoms with van der Waals surface area (Å²) in [5, 5.41) is 3.19. The fraction of sp³-hybridized carbons (Fsp3) is 0.478. The van der Waals surface area contributed by atoms with Crippen LogP contribution in [-0.4, -0.2) is 32.4 Å². The van der Waals surface area contributed by atoms with Crippen LogP contribution in [0.5, 0.6) is 0 Å². The molecule has 0 unspecified atom stereocenters. The second kappa shape index (κ2) is 9.30. The highest BCUT2D eigenvalue weighted by atomic mass is 32.2. The molecule has 0 atom stereocenters. The molecule has 31 heavy (non-hydrogen) atoms. The summed E-state index contributed by atoms with van der Waals surface area (Å²) in [5.41, 5.74) is 0.741. The molecule has 1 heterocycles. The summed E-state index contributed by atoms with van der Waals surface area (Å²) >= 11 is 0. The molecule has 0 amide bonds. The van der Waals surface area contributed by atoms with E-state index in [4.69, 9.17) is 0 Å². The Morgan fingerprint density at radius 2 is 1.77 bits per heavy atom. The van der Waals surface area contributed by atoms with Crippen LogP contribution >= 0.6 is 0 Å². The van der Waals surface area contributed by atoms with Crippen molar-refractivity contribution in [2.75, 3.05) is 19.6 Å². The highest BCUT2D eigenvalue weighted by molar-refractivity contribution is 7.89. The van der Waals surface area contributed by atoms with Crippen LogP contribution in [0, 0.1) is 5.41 Å². The van der Waals surface area contributed by atoms with Gasteiger partial charge in [0, 0.05) is 19.6 Å². The maximum atomic E-state index is 13.1. The van der Waals surface area contributed by atoms with Crippen LogP contribution in [0.4, 0.5) is 13.2 Å². The lowest BCUT2D eigenvalue weighted by molar-refractivity contribution is -0.137. The third kappa shape index (κ3) is 6.30. The topological polar surface area (TPSA) is 49.4 Å². The minimum absolute atomic E-state index is 0.0338. The number of piperidine rings is 1. The van der Waals surface area contributed by atoms with Crippen molar-refractivity contribution >= 4 is 10.0 Å². The number of halogens is 3. The van der Waals surface area contributed by atoms with Crippen molar-refractivity contribution in [3.05, 3.63) is 65.2 Å². The van der Waals surface area contributed by atoms with E-state index in [0.29, 0.717) is 38.2 Å². The Hall–Kier alpha value is -1.90. The first-order valence-corrected chi connectivity index (χ1v) is 11.9. The molecule has 0 aromatic heterocycles. The van der Waals surface area contributed by atoms with Crippen molar-refractivity contribution in [2.24, 2.45) is 5.41 Å². The van der Waals surface area contributed by atoms with Crippen molar-refractivity contribution < 1.29 is 21.6 Å². The Labute approximate surface area is 182 Å². The van der Waals surface area contributed by atoms with Gasteiger partial charge < -0.3 is 5.32 Å². The minimum Gasteiger partial charge on any atom is -0.312 e. The summed E-state index contributed by atoms with van der Waals surface area (Å²) in [7, 11) is -3.55. The van der Waals surface area contributed by atoms with Gasteiger partial charge in [-0.1, -0.05) is 44.2 Å². The van der Waals surface area contributed by atoms with E-state index in [1.54, 1.807) is 28.6 Å². The van der Waals surface area contributed by atoms with Gasteiger partial charge >= 0.3 is 6.18 Å². The van der Waals surface area contributed by atoms with E-state index in [1.165, 1.54) is 6.07 Å². The van der Waals surface area contributed by atoms with Crippen LogP contribution in [0.25, 0.3) is 0 Å². The monoisotopic (exact) mass is 454 g/mol. The van der Waals surface area contributed by atoms with E-state index < -0.39 is 21.8 Å². The van der Waals surface area contributed by atoms with Gasteiger partial charge in [-0.2, -0.15) is 17.5 Å². The summed E-state index contributed by atoms with van der Waals surface area (Å²) in [5.74, 6) is 0. The molecule has 1 N–H and O–H groups in total.